The average molecular weight is 532 g/mol. The van der Waals surface area contributed by atoms with Gasteiger partial charge in [-0.3, -0.25) is 4.74 Å². The third kappa shape index (κ3) is 14.1. The van der Waals surface area contributed by atoms with Gasteiger partial charge in [-0.15, -0.1) is 0 Å². The van der Waals surface area contributed by atoms with Crippen LogP contribution in [-0.2, 0) is 42.6 Å². The lowest BCUT2D eigenvalue weighted by atomic mass is 10.1. The van der Waals surface area contributed by atoms with E-state index < -0.39 is 81.0 Å². The topological polar surface area (TPSA) is 301 Å². The molecule has 0 saturated heterocycles. The minimum atomic E-state index is -2.73. The summed E-state index contributed by atoms with van der Waals surface area (Å²) in [4.78, 5) is 87.8. The van der Waals surface area contributed by atoms with E-state index in [2.05, 4.69) is 37.9 Å². The molecule has 0 aromatic heterocycles. The van der Waals surface area contributed by atoms with Gasteiger partial charge >= 0.3 is 49.2 Å². The molecule has 0 bridgehead atoms. The zero-order valence-electron chi connectivity index (χ0n) is 17.6. The minimum absolute atomic E-state index is 0.0775. The highest BCUT2D eigenvalue weighted by molar-refractivity contribution is 5.77. The first-order chi connectivity index (χ1) is 16.7. The maximum Gasteiger partial charge on any atom is 0.521 e. The predicted molar refractivity (Wildman–Crippen MR) is 94.6 cm³/mol. The molecule has 202 valence electrons. The van der Waals surface area contributed by atoms with Crippen LogP contribution in [0.5, 0.6) is 0 Å². The van der Waals surface area contributed by atoms with E-state index in [0.29, 0.717) is 0 Å². The molecule has 0 aromatic rings. The Hall–Kier alpha value is -5.08. The smallest absolute Gasteiger partial charge is 0.449 e. The molecule has 0 fully saturated rings. The van der Waals surface area contributed by atoms with Crippen molar-refractivity contribution in [2.45, 2.75) is 31.8 Å². The summed E-state index contributed by atoms with van der Waals surface area (Å²) in [6.07, 6.45) is -19.6. The Balaban J connectivity index is 6.00. The van der Waals surface area contributed by atoms with Crippen molar-refractivity contribution in [3.63, 3.8) is 0 Å². The van der Waals surface area contributed by atoms with Gasteiger partial charge in [-0.25, -0.2) is 38.4 Å². The van der Waals surface area contributed by atoms with Crippen LogP contribution >= 0.6 is 0 Å². The van der Waals surface area contributed by atoms with E-state index in [1.807, 2.05) is 0 Å². The molecule has 36 heavy (non-hydrogen) atoms. The fourth-order valence-corrected chi connectivity index (χ4v) is 1.94. The van der Waals surface area contributed by atoms with Crippen molar-refractivity contribution in [3.05, 3.63) is 0 Å². The Morgan fingerprint density at radius 2 is 1.11 bits per heavy atom. The van der Waals surface area contributed by atoms with Crippen molar-refractivity contribution >= 4 is 49.2 Å². The maximum atomic E-state index is 11.8. The van der Waals surface area contributed by atoms with Crippen LogP contribution in [0.1, 0.15) is 19.8 Å². The summed E-state index contributed by atoms with van der Waals surface area (Å²) in [6.45, 7) is -1.27. The largest absolute Gasteiger partial charge is 0.521 e. The second kappa shape index (κ2) is 14.9. The Labute approximate surface area is 196 Å². The summed E-state index contributed by atoms with van der Waals surface area (Å²) >= 11 is 0. The lowest BCUT2D eigenvalue weighted by Gasteiger charge is -2.33. The third-order valence-electron chi connectivity index (χ3n) is 2.90. The van der Waals surface area contributed by atoms with E-state index >= 15 is 0 Å². The molecule has 4 N–H and O–H groups in total. The Morgan fingerprint density at radius 1 is 0.667 bits per heavy atom. The third-order valence-corrected chi connectivity index (χ3v) is 2.90. The number of carbonyl (C=O) groups is 8. The number of carbonyl (C=O) groups excluding carboxylic acids is 4. The molecule has 0 heterocycles. The second-order valence-electron chi connectivity index (χ2n) is 5.50. The highest BCUT2D eigenvalue weighted by Crippen LogP contribution is 2.25. The van der Waals surface area contributed by atoms with E-state index in [1.165, 1.54) is 6.92 Å². The van der Waals surface area contributed by atoms with Crippen molar-refractivity contribution in [1.29, 1.82) is 0 Å². The summed E-state index contributed by atoms with van der Waals surface area (Å²) in [6, 6.07) is 0. The van der Waals surface area contributed by atoms with Crippen LogP contribution in [0, 0.1) is 0 Å². The fourth-order valence-electron chi connectivity index (χ4n) is 1.94. The number of carboxylic acid groups (broad SMARTS) is 4. The van der Waals surface area contributed by atoms with E-state index in [-0.39, 0.29) is 6.42 Å². The zero-order chi connectivity index (χ0) is 27.9. The summed E-state index contributed by atoms with van der Waals surface area (Å²) in [5, 5.41) is 33.8. The zero-order valence-corrected chi connectivity index (χ0v) is 17.6. The summed E-state index contributed by atoms with van der Waals surface area (Å²) in [5.41, 5.74) is 0. The monoisotopic (exact) mass is 532 g/mol. The SMILES string of the molecule is CCCC(COC(=O)OC(=O)O)(OC(=O)OC(=O)O)OC(COC(=O)OC(=O)O)OC(=O)OC(=O)O. The maximum absolute atomic E-state index is 11.8. The van der Waals surface area contributed by atoms with Crippen molar-refractivity contribution in [2.24, 2.45) is 0 Å². The van der Waals surface area contributed by atoms with Crippen molar-refractivity contribution < 1.29 is 101 Å². The van der Waals surface area contributed by atoms with Crippen LogP contribution in [0.25, 0.3) is 0 Å². The first kappa shape index (κ1) is 30.9. The number of rotatable bonds is 10. The van der Waals surface area contributed by atoms with E-state index in [9.17, 15) is 38.4 Å². The molecular formula is C15H16O21. The van der Waals surface area contributed by atoms with Crippen LogP contribution in [0.3, 0.4) is 0 Å². The highest BCUT2D eigenvalue weighted by Gasteiger charge is 2.43. The summed E-state index contributed by atoms with van der Waals surface area (Å²) in [5.74, 6) is -2.73. The Bertz CT molecular complexity index is 861. The molecule has 0 aliphatic rings. The summed E-state index contributed by atoms with van der Waals surface area (Å²) in [7, 11) is 0. The molecule has 0 spiro atoms. The van der Waals surface area contributed by atoms with Crippen LogP contribution in [0.15, 0.2) is 0 Å². The molecule has 21 nitrogen and oxygen atoms in total. The van der Waals surface area contributed by atoms with Crippen LogP contribution in [-0.4, -0.2) is 95.0 Å². The molecule has 0 amide bonds. The molecule has 0 radical (unpaired) electrons. The van der Waals surface area contributed by atoms with E-state index in [4.69, 9.17) is 25.2 Å². The highest BCUT2D eigenvalue weighted by atomic mass is 16.9. The normalized spacial score (nSPS) is 12.4. The van der Waals surface area contributed by atoms with Gasteiger partial charge in [0.1, 0.15) is 0 Å². The molecule has 2 atom stereocenters. The van der Waals surface area contributed by atoms with Crippen molar-refractivity contribution in [2.75, 3.05) is 13.2 Å². The molecule has 0 aliphatic heterocycles. The van der Waals surface area contributed by atoms with Crippen LogP contribution in [0.4, 0.5) is 38.4 Å². The van der Waals surface area contributed by atoms with Gasteiger partial charge in [-0.1, -0.05) is 6.92 Å². The second-order valence-corrected chi connectivity index (χ2v) is 5.50. The van der Waals surface area contributed by atoms with Gasteiger partial charge in [0, 0.05) is 6.42 Å². The molecule has 0 saturated carbocycles. The lowest BCUT2D eigenvalue weighted by molar-refractivity contribution is -0.302. The summed E-state index contributed by atoms with van der Waals surface area (Å²) < 4.78 is 37.4. The van der Waals surface area contributed by atoms with Crippen molar-refractivity contribution in [3.8, 4) is 0 Å². The van der Waals surface area contributed by atoms with Gasteiger partial charge in [-0.2, -0.15) is 0 Å². The van der Waals surface area contributed by atoms with Crippen LogP contribution < -0.4 is 0 Å². The first-order valence-corrected chi connectivity index (χ1v) is 8.76. The Morgan fingerprint density at radius 3 is 1.58 bits per heavy atom. The van der Waals surface area contributed by atoms with Gasteiger partial charge < -0.3 is 58.3 Å². The van der Waals surface area contributed by atoms with Gasteiger partial charge in [0.2, 0.25) is 6.29 Å². The first-order valence-electron chi connectivity index (χ1n) is 8.76. The van der Waals surface area contributed by atoms with Crippen molar-refractivity contribution in [1.82, 2.24) is 0 Å². The molecule has 0 rings (SSSR count). The number of hydrogen-bond donors (Lipinski definition) is 4. The molecule has 2 unspecified atom stereocenters. The molecule has 0 aliphatic carbocycles. The van der Waals surface area contributed by atoms with Gasteiger partial charge in [0.15, 0.2) is 13.2 Å². The average Bonchev–Trinajstić information content (AvgIpc) is 2.68. The quantitative estimate of drug-likeness (QED) is 0.135. The predicted octanol–water partition coefficient (Wildman–Crippen LogP) is 2.15. The van der Waals surface area contributed by atoms with Gasteiger partial charge in [-0.05, 0) is 6.42 Å². The minimum Gasteiger partial charge on any atom is -0.449 e. The lowest BCUT2D eigenvalue weighted by Crippen LogP contribution is -2.48. The van der Waals surface area contributed by atoms with E-state index in [1.54, 1.807) is 0 Å². The molecular weight excluding hydrogens is 516 g/mol. The van der Waals surface area contributed by atoms with E-state index in [0.717, 1.165) is 0 Å². The van der Waals surface area contributed by atoms with Gasteiger partial charge in [0.25, 0.3) is 5.79 Å². The standard InChI is InChI=1S/C15H16O21/c1-2-3-15(36-14(27)34-10(22)23,5-29-12(25)32-8(18)19)35-6(30-13(26)33-9(20)21)4-28-11(24)31-7(16)17/h6H,2-5H2,1H3,(H,16,17)(H,18,19)(H,20,21)(H,22,23). The number of ether oxygens (including phenoxy) is 9. The van der Waals surface area contributed by atoms with Gasteiger partial charge in [0.05, 0.1) is 0 Å². The van der Waals surface area contributed by atoms with Crippen LogP contribution in [0.2, 0.25) is 0 Å². The molecule has 21 heteroatoms. The molecule has 0 aromatic carbocycles. The fraction of sp³-hybridized carbons (Fsp3) is 0.467. The number of hydrogen-bond acceptors (Lipinski definition) is 17. The Kier molecular flexibility index (Phi) is 12.8.